The fraction of sp³-hybridized carbons (Fsp3) is 0.400. The summed E-state index contributed by atoms with van der Waals surface area (Å²) in [6.45, 7) is 4.00. The molecule has 1 aliphatic rings. The lowest BCUT2D eigenvalue weighted by atomic mass is 9.96. The van der Waals surface area contributed by atoms with Crippen molar-refractivity contribution in [3.63, 3.8) is 0 Å². The molecule has 0 amide bonds. The lowest BCUT2D eigenvalue weighted by Gasteiger charge is -2.38. The maximum atomic E-state index is 13.8. The van der Waals surface area contributed by atoms with Crippen LogP contribution in [0.2, 0.25) is 0 Å². The maximum Gasteiger partial charge on any atom is 0.450 e. The first-order valence-electron chi connectivity index (χ1n) is 8.82. The van der Waals surface area contributed by atoms with Crippen molar-refractivity contribution in [2.75, 3.05) is 0 Å². The third-order valence-corrected chi connectivity index (χ3v) is 7.20. The van der Waals surface area contributed by atoms with E-state index in [1.165, 1.54) is 0 Å². The fourth-order valence-electron chi connectivity index (χ4n) is 3.11. The molecule has 0 spiro atoms. The number of rotatable bonds is 5. The molecule has 1 fully saturated rings. The predicted molar refractivity (Wildman–Crippen MR) is 101 cm³/mol. The average Bonchev–Trinajstić information content (AvgIpc) is 2.60. The fourth-order valence-corrected chi connectivity index (χ4v) is 5.18. The van der Waals surface area contributed by atoms with E-state index in [2.05, 4.69) is 0 Å². The van der Waals surface area contributed by atoms with Gasteiger partial charge in [0.1, 0.15) is 16.8 Å². The standard InChI is InChI=1S/C20H26NO3P/c1-16-6-10-18(11-7-16)23-25(22,20(21)14-4-3-5-15-20)24-19-12-8-17(2)9-13-19/h6-13H,3-5,14-15,21H2,1-2H3. The Bertz CT molecular complexity index is 698. The molecule has 0 aliphatic heterocycles. The number of nitrogens with two attached hydrogens (primary N) is 1. The Balaban J connectivity index is 1.93. The molecule has 1 aliphatic carbocycles. The second-order valence-electron chi connectivity index (χ2n) is 6.97. The minimum absolute atomic E-state index is 0.524. The molecule has 5 heteroatoms. The summed E-state index contributed by atoms with van der Waals surface area (Å²) in [5.74, 6) is 1.05. The van der Waals surface area contributed by atoms with E-state index in [1.54, 1.807) is 0 Å². The Morgan fingerprint density at radius 3 is 1.60 bits per heavy atom. The Labute approximate surface area is 149 Å². The van der Waals surface area contributed by atoms with Crippen LogP contribution in [0.4, 0.5) is 0 Å². The molecule has 25 heavy (non-hydrogen) atoms. The molecule has 2 aromatic rings. The van der Waals surface area contributed by atoms with Gasteiger partial charge in [0.25, 0.3) is 0 Å². The lowest BCUT2D eigenvalue weighted by molar-refractivity contribution is 0.293. The van der Waals surface area contributed by atoms with Gasteiger partial charge >= 0.3 is 7.60 Å². The summed E-state index contributed by atoms with van der Waals surface area (Å²) in [5, 5.41) is -0.957. The molecular weight excluding hydrogens is 333 g/mol. The summed E-state index contributed by atoms with van der Waals surface area (Å²) in [5.41, 5.74) is 8.81. The van der Waals surface area contributed by atoms with Gasteiger partial charge in [-0.2, -0.15) is 0 Å². The number of hydrogen-bond donors (Lipinski definition) is 1. The Morgan fingerprint density at radius 1 is 0.800 bits per heavy atom. The van der Waals surface area contributed by atoms with Crippen LogP contribution < -0.4 is 14.8 Å². The summed E-state index contributed by atoms with van der Waals surface area (Å²) < 4.78 is 25.7. The molecule has 0 radical (unpaired) electrons. The minimum Gasteiger partial charge on any atom is -0.415 e. The molecule has 3 rings (SSSR count). The highest BCUT2D eigenvalue weighted by molar-refractivity contribution is 7.56. The largest absolute Gasteiger partial charge is 0.450 e. The van der Waals surface area contributed by atoms with E-state index in [0.29, 0.717) is 24.3 Å². The van der Waals surface area contributed by atoms with E-state index in [4.69, 9.17) is 14.8 Å². The zero-order valence-electron chi connectivity index (χ0n) is 14.9. The summed E-state index contributed by atoms with van der Waals surface area (Å²) >= 11 is 0. The van der Waals surface area contributed by atoms with E-state index >= 15 is 0 Å². The Hall–Kier alpha value is -1.77. The topological polar surface area (TPSA) is 61.5 Å². The maximum absolute atomic E-state index is 13.8. The highest BCUT2D eigenvalue weighted by Crippen LogP contribution is 2.61. The zero-order valence-corrected chi connectivity index (χ0v) is 15.8. The average molecular weight is 359 g/mol. The molecule has 0 bridgehead atoms. The van der Waals surface area contributed by atoms with Crippen molar-refractivity contribution in [2.24, 2.45) is 5.73 Å². The highest BCUT2D eigenvalue weighted by atomic mass is 31.2. The summed E-state index contributed by atoms with van der Waals surface area (Å²) in [7, 11) is -3.60. The lowest BCUT2D eigenvalue weighted by Crippen LogP contribution is -2.44. The van der Waals surface area contributed by atoms with Crippen molar-refractivity contribution in [3.8, 4) is 11.5 Å². The van der Waals surface area contributed by atoms with Gasteiger partial charge in [-0.05, 0) is 51.0 Å². The summed E-state index contributed by atoms with van der Waals surface area (Å²) in [4.78, 5) is 0. The van der Waals surface area contributed by atoms with Crippen LogP contribution in [0.25, 0.3) is 0 Å². The molecule has 2 aromatic carbocycles. The smallest absolute Gasteiger partial charge is 0.415 e. The highest BCUT2D eigenvalue weighted by Gasteiger charge is 2.51. The van der Waals surface area contributed by atoms with Crippen LogP contribution in [0.3, 0.4) is 0 Å². The van der Waals surface area contributed by atoms with Crippen LogP contribution in [-0.2, 0) is 4.57 Å². The van der Waals surface area contributed by atoms with Gasteiger partial charge in [-0.25, -0.2) is 4.57 Å². The molecule has 0 aromatic heterocycles. The van der Waals surface area contributed by atoms with E-state index < -0.39 is 12.9 Å². The molecule has 4 nitrogen and oxygen atoms in total. The van der Waals surface area contributed by atoms with Gasteiger partial charge in [-0.15, -0.1) is 0 Å². The van der Waals surface area contributed by atoms with Gasteiger partial charge in [0.05, 0.1) is 0 Å². The normalized spacial score (nSPS) is 17.1. The van der Waals surface area contributed by atoms with Crippen molar-refractivity contribution in [1.82, 2.24) is 0 Å². The van der Waals surface area contributed by atoms with Gasteiger partial charge in [-0.3, -0.25) is 0 Å². The number of hydrogen-bond acceptors (Lipinski definition) is 4. The molecule has 0 unspecified atom stereocenters. The van der Waals surface area contributed by atoms with E-state index in [0.717, 1.165) is 30.4 Å². The van der Waals surface area contributed by atoms with Gasteiger partial charge in [0.15, 0.2) is 0 Å². The second kappa shape index (κ2) is 7.23. The molecule has 1 saturated carbocycles. The third-order valence-electron chi connectivity index (χ3n) is 4.76. The zero-order chi connectivity index (χ0) is 17.9. The van der Waals surface area contributed by atoms with E-state index in [9.17, 15) is 4.57 Å². The first-order valence-corrected chi connectivity index (χ1v) is 10.4. The molecule has 134 valence electrons. The third kappa shape index (κ3) is 4.08. The van der Waals surface area contributed by atoms with Gasteiger partial charge in [-0.1, -0.05) is 54.7 Å². The molecule has 2 N–H and O–H groups in total. The van der Waals surface area contributed by atoms with Gasteiger partial charge in [0.2, 0.25) is 0 Å². The van der Waals surface area contributed by atoms with Crippen molar-refractivity contribution < 1.29 is 13.6 Å². The number of aryl methyl sites for hydroxylation is 2. The van der Waals surface area contributed by atoms with Crippen molar-refractivity contribution in [2.45, 2.75) is 51.2 Å². The second-order valence-corrected chi connectivity index (χ2v) is 9.22. The Morgan fingerprint density at radius 2 is 1.20 bits per heavy atom. The predicted octanol–water partition coefficient (Wildman–Crippen LogP) is 5.57. The van der Waals surface area contributed by atoms with E-state index in [-0.39, 0.29) is 0 Å². The minimum atomic E-state index is -3.60. The van der Waals surface area contributed by atoms with Crippen molar-refractivity contribution in [3.05, 3.63) is 59.7 Å². The molecule has 0 saturated heterocycles. The van der Waals surface area contributed by atoms with Crippen LogP contribution in [-0.4, -0.2) is 5.28 Å². The van der Waals surface area contributed by atoms with Crippen molar-refractivity contribution in [1.29, 1.82) is 0 Å². The number of benzene rings is 2. The van der Waals surface area contributed by atoms with Crippen molar-refractivity contribution >= 4 is 7.60 Å². The van der Waals surface area contributed by atoms with Gasteiger partial charge < -0.3 is 14.8 Å². The van der Waals surface area contributed by atoms with Crippen LogP contribution >= 0.6 is 7.60 Å². The first kappa shape index (κ1) is 18.0. The summed E-state index contributed by atoms with van der Waals surface area (Å²) in [6, 6.07) is 15.0. The van der Waals surface area contributed by atoms with Crippen LogP contribution in [0.1, 0.15) is 43.2 Å². The first-order chi connectivity index (χ1) is 11.9. The molecule has 0 atom stereocenters. The SMILES string of the molecule is Cc1ccc(OP(=O)(Oc2ccc(C)cc2)C2(N)CCCCC2)cc1. The van der Waals surface area contributed by atoms with Crippen LogP contribution in [0.15, 0.2) is 48.5 Å². The molecule has 0 heterocycles. The monoisotopic (exact) mass is 359 g/mol. The Kier molecular flexibility index (Phi) is 5.21. The van der Waals surface area contributed by atoms with Crippen LogP contribution in [0.5, 0.6) is 11.5 Å². The summed E-state index contributed by atoms with van der Waals surface area (Å²) in [6.07, 6.45) is 4.27. The van der Waals surface area contributed by atoms with Gasteiger partial charge in [0, 0.05) is 0 Å². The van der Waals surface area contributed by atoms with E-state index in [1.807, 2.05) is 62.4 Å². The quantitative estimate of drug-likeness (QED) is 0.709. The molecular formula is C20H26NO3P. The van der Waals surface area contributed by atoms with Crippen LogP contribution in [0, 0.1) is 13.8 Å².